The summed E-state index contributed by atoms with van der Waals surface area (Å²) in [4.78, 5) is 2.00. The van der Waals surface area contributed by atoms with E-state index in [-0.39, 0.29) is 5.92 Å². The molecule has 0 aliphatic heterocycles. The summed E-state index contributed by atoms with van der Waals surface area (Å²) in [5.74, 6) is 0.0184. The molecule has 0 saturated heterocycles. The number of nitriles is 1. The van der Waals surface area contributed by atoms with Crippen LogP contribution < -0.4 is 0 Å². The molecule has 0 radical (unpaired) electrons. The predicted octanol–water partition coefficient (Wildman–Crippen LogP) is 3.66. The van der Waals surface area contributed by atoms with Crippen LogP contribution >= 0.6 is 0 Å². The van der Waals surface area contributed by atoms with Crippen molar-refractivity contribution in [3.05, 3.63) is 71.8 Å². The molecule has 2 aromatic carbocycles. The van der Waals surface area contributed by atoms with Crippen LogP contribution in [0.2, 0.25) is 0 Å². The molecule has 102 valence electrons. The van der Waals surface area contributed by atoms with E-state index in [0.29, 0.717) is 0 Å². The van der Waals surface area contributed by atoms with Gasteiger partial charge in [0.05, 0.1) is 6.07 Å². The van der Waals surface area contributed by atoms with Gasteiger partial charge in [0, 0.05) is 5.92 Å². The Morgan fingerprint density at radius 3 is 1.60 bits per heavy atom. The molecule has 0 spiro atoms. The molecule has 0 amide bonds. The number of hydrogen-bond donors (Lipinski definition) is 0. The number of benzene rings is 2. The topological polar surface area (TPSA) is 27.0 Å². The molecule has 20 heavy (non-hydrogen) atoms. The zero-order chi connectivity index (χ0) is 14.6. The second-order valence-electron chi connectivity index (χ2n) is 5.41. The van der Waals surface area contributed by atoms with Crippen LogP contribution in [0.1, 0.15) is 24.0 Å². The molecule has 2 aromatic rings. The van der Waals surface area contributed by atoms with Gasteiger partial charge in [-0.2, -0.15) is 5.26 Å². The highest BCUT2D eigenvalue weighted by molar-refractivity contribution is 5.39. The first kappa shape index (κ1) is 14.3. The molecule has 2 nitrogen and oxygen atoms in total. The van der Waals surface area contributed by atoms with Gasteiger partial charge in [-0.05, 0) is 32.1 Å². The Hall–Kier alpha value is -2.11. The Balaban J connectivity index is 2.60. The molecular weight excluding hydrogens is 244 g/mol. The third kappa shape index (κ3) is 2.59. The minimum atomic E-state index is -0.595. The van der Waals surface area contributed by atoms with Gasteiger partial charge in [0.15, 0.2) is 0 Å². The second kappa shape index (κ2) is 5.90. The maximum atomic E-state index is 9.76. The lowest BCUT2D eigenvalue weighted by molar-refractivity contribution is 0.214. The maximum absolute atomic E-state index is 9.76. The van der Waals surface area contributed by atoms with E-state index in [0.717, 1.165) is 11.1 Å². The second-order valence-corrected chi connectivity index (χ2v) is 5.41. The normalized spacial score (nSPS) is 14.0. The van der Waals surface area contributed by atoms with Crippen LogP contribution in [0.4, 0.5) is 0 Å². The van der Waals surface area contributed by atoms with E-state index < -0.39 is 5.54 Å². The van der Waals surface area contributed by atoms with E-state index in [2.05, 4.69) is 30.3 Å². The molecule has 1 atom stereocenters. The van der Waals surface area contributed by atoms with Gasteiger partial charge in [-0.25, -0.2) is 0 Å². The summed E-state index contributed by atoms with van der Waals surface area (Å²) < 4.78 is 0. The lowest BCUT2D eigenvalue weighted by Crippen LogP contribution is -2.45. The first-order valence-electron chi connectivity index (χ1n) is 6.78. The maximum Gasteiger partial charge on any atom is 0.116 e. The Morgan fingerprint density at radius 1 is 0.900 bits per heavy atom. The van der Waals surface area contributed by atoms with Crippen molar-refractivity contribution in [2.45, 2.75) is 18.4 Å². The molecule has 0 N–H and O–H groups in total. The van der Waals surface area contributed by atoms with E-state index in [9.17, 15) is 5.26 Å². The summed E-state index contributed by atoms with van der Waals surface area (Å²) in [6.07, 6.45) is 0. The highest BCUT2D eigenvalue weighted by Crippen LogP contribution is 2.37. The highest BCUT2D eigenvalue weighted by Gasteiger charge is 2.38. The molecule has 0 saturated carbocycles. The van der Waals surface area contributed by atoms with E-state index in [1.165, 1.54) is 0 Å². The first-order valence-corrected chi connectivity index (χ1v) is 6.78. The lowest BCUT2D eigenvalue weighted by Gasteiger charge is -2.38. The Bertz CT molecular complexity index is 544. The monoisotopic (exact) mass is 264 g/mol. The SMILES string of the molecule is CN(C)C(C)(C#N)C(c1ccccc1)c1ccccc1. The first-order chi connectivity index (χ1) is 9.59. The Morgan fingerprint density at radius 2 is 1.30 bits per heavy atom. The molecule has 2 rings (SSSR count). The van der Waals surface area contributed by atoms with Gasteiger partial charge < -0.3 is 0 Å². The zero-order valence-electron chi connectivity index (χ0n) is 12.2. The van der Waals surface area contributed by atoms with Crippen LogP contribution in [0.25, 0.3) is 0 Å². The standard InChI is InChI=1S/C18H20N2/c1-18(14-19,20(2)3)17(15-10-6-4-7-11-15)16-12-8-5-9-13-16/h4-13,17H,1-3H3. The van der Waals surface area contributed by atoms with Crippen molar-refractivity contribution >= 4 is 0 Å². The number of likely N-dealkylation sites (N-methyl/N-ethyl adjacent to an activating group) is 1. The molecule has 0 fully saturated rings. The smallest absolute Gasteiger partial charge is 0.116 e. The van der Waals surface area contributed by atoms with Crippen LogP contribution in [0.5, 0.6) is 0 Å². The lowest BCUT2D eigenvalue weighted by atomic mass is 9.76. The fraction of sp³-hybridized carbons (Fsp3) is 0.278. The van der Waals surface area contributed by atoms with E-state index in [1.807, 2.05) is 62.3 Å². The average Bonchev–Trinajstić information content (AvgIpc) is 2.49. The minimum absolute atomic E-state index is 0.0184. The van der Waals surface area contributed by atoms with Crippen LogP contribution in [0, 0.1) is 11.3 Å². The summed E-state index contributed by atoms with van der Waals surface area (Å²) in [6, 6.07) is 23.0. The van der Waals surface area contributed by atoms with Gasteiger partial charge in [0.1, 0.15) is 5.54 Å². The molecule has 0 aliphatic rings. The van der Waals surface area contributed by atoms with Crippen LogP contribution in [-0.4, -0.2) is 24.5 Å². The third-order valence-electron chi connectivity index (χ3n) is 3.98. The zero-order valence-corrected chi connectivity index (χ0v) is 12.2. The van der Waals surface area contributed by atoms with Gasteiger partial charge in [-0.15, -0.1) is 0 Å². The summed E-state index contributed by atoms with van der Waals surface area (Å²) in [7, 11) is 3.92. The highest BCUT2D eigenvalue weighted by atomic mass is 15.1. The predicted molar refractivity (Wildman–Crippen MR) is 82.4 cm³/mol. The van der Waals surface area contributed by atoms with Crippen LogP contribution in [-0.2, 0) is 0 Å². The van der Waals surface area contributed by atoms with Crippen molar-refractivity contribution in [3.8, 4) is 6.07 Å². The largest absolute Gasteiger partial charge is 0.291 e. The number of nitrogens with zero attached hydrogens (tertiary/aromatic N) is 2. The van der Waals surface area contributed by atoms with Crippen LogP contribution in [0.15, 0.2) is 60.7 Å². The summed E-state index contributed by atoms with van der Waals surface area (Å²) in [6.45, 7) is 2.00. The number of hydrogen-bond acceptors (Lipinski definition) is 2. The molecular formula is C18H20N2. The Kier molecular flexibility index (Phi) is 4.22. The van der Waals surface area contributed by atoms with Crippen molar-refractivity contribution in [2.75, 3.05) is 14.1 Å². The third-order valence-corrected chi connectivity index (χ3v) is 3.98. The Labute approximate surface area is 121 Å². The summed E-state index contributed by atoms with van der Waals surface area (Å²) in [5.41, 5.74) is 1.73. The number of rotatable bonds is 4. The average molecular weight is 264 g/mol. The van der Waals surface area contributed by atoms with Gasteiger partial charge in [0.2, 0.25) is 0 Å². The van der Waals surface area contributed by atoms with Crippen molar-refractivity contribution < 1.29 is 0 Å². The minimum Gasteiger partial charge on any atom is -0.291 e. The van der Waals surface area contributed by atoms with Crippen molar-refractivity contribution in [1.29, 1.82) is 5.26 Å². The fourth-order valence-electron chi connectivity index (χ4n) is 2.56. The molecule has 0 aromatic heterocycles. The molecule has 0 aliphatic carbocycles. The van der Waals surface area contributed by atoms with E-state index >= 15 is 0 Å². The van der Waals surface area contributed by atoms with Crippen molar-refractivity contribution in [1.82, 2.24) is 4.90 Å². The van der Waals surface area contributed by atoms with Crippen LogP contribution in [0.3, 0.4) is 0 Å². The van der Waals surface area contributed by atoms with Gasteiger partial charge in [-0.1, -0.05) is 60.7 Å². The van der Waals surface area contributed by atoms with E-state index in [4.69, 9.17) is 0 Å². The van der Waals surface area contributed by atoms with Gasteiger partial charge in [0.25, 0.3) is 0 Å². The summed E-state index contributed by atoms with van der Waals surface area (Å²) in [5, 5.41) is 9.76. The molecule has 2 heteroatoms. The fourth-order valence-corrected chi connectivity index (χ4v) is 2.56. The van der Waals surface area contributed by atoms with Gasteiger partial charge >= 0.3 is 0 Å². The quantitative estimate of drug-likeness (QED) is 0.842. The van der Waals surface area contributed by atoms with Crippen molar-refractivity contribution in [3.63, 3.8) is 0 Å². The molecule has 1 unspecified atom stereocenters. The van der Waals surface area contributed by atoms with Crippen molar-refractivity contribution in [2.24, 2.45) is 0 Å². The molecule has 0 heterocycles. The molecule has 0 bridgehead atoms. The summed E-state index contributed by atoms with van der Waals surface area (Å²) >= 11 is 0. The van der Waals surface area contributed by atoms with Gasteiger partial charge in [-0.3, -0.25) is 4.90 Å². The van der Waals surface area contributed by atoms with E-state index in [1.54, 1.807) is 0 Å².